The van der Waals surface area contributed by atoms with E-state index in [2.05, 4.69) is 50.8 Å². The molecule has 0 saturated carbocycles. The van der Waals surface area contributed by atoms with Crippen LogP contribution in [-0.4, -0.2) is 13.1 Å². The third kappa shape index (κ3) is 2.83. The highest BCUT2D eigenvalue weighted by molar-refractivity contribution is 5.51. The van der Waals surface area contributed by atoms with Crippen molar-refractivity contribution in [2.75, 3.05) is 18.0 Å². The van der Waals surface area contributed by atoms with E-state index < -0.39 is 0 Å². The molecule has 1 fully saturated rings. The molecule has 1 heteroatoms. The highest BCUT2D eigenvalue weighted by atomic mass is 15.1. The predicted molar refractivity (Wildman–Crippen MR) is 75.9 cm³/mol. The summed E-state index contributed by atoms with van der Waals surface area (Å²) in [5, 5.41) is 0. The Hall–Kier alpha value is -0.980. The van der Waals surface area contributed by atoms with Crippen LogP contribution in [-0.2, 0) is 0 Å². The van der Waals surface area contributed by atoms with Crippen molar-refractivity contribution in [3.8, 4) is 0 Å². The molecule has 1 aromatic carbocycles. The minimum Gasteiger partial charge on any atom is -0.371 e. The zero-order valence-electron chi connectivity index (χ0n) is 11.7. The number of aryl methyl sites for hydroxylation is 1. The van der Waals surface area contributed by atoms with Crippen LogP contribution in [0.1, 0.15) is 50.7 Å². The maximum absolute atomic E-state index is 2.55. The second-order valence-electron chi connectivity index (χ2n) is 5.89. The van der Waals surface area contributed by atoms with Gasteiger partial charge in [0.25, 0.3) is 0 Å². The van der Waals surface area contributed by atoms with E-state index in [0.29, 0.717) is 5.92 Å². The Bertz CT molecular complexity index is 381. The Morgan fingerprint density at radius 1 is 1.29 bits per heavy atom. The topological polar surface area (TPSA) is 3.24 Å². The smallest absolute Gasteiger partial charge is 0.0369 e. The number of nitrogens with zero attached hydrogens (tertiary/aromatic N) is 1. The molecule has 0 amide bonds. The van der Waals surface area contributed by atoms with Gasteiger partial charge in [-0.05, 0) is 54.9 Å². The summed E-state index contributed by atoms with van der Waals surface area (Å²) in [6.45, 7) is 11.6. The summed E-state index contributed by atoms with van der Waals surface area (Å²) in [5.74, 6) is 1.47. The maximum atomic E-state index is 2.55. The summed E-state index contributed by atoms with van der Waals surface area (Å²) in [5.41, 5.74) is 4.34. The summed E-state index contributed by atoms with van der Waals surface area (Å²) in [6, 6.07) is 6.99. The molecule has 94 valence electrons. The van der Waals surface area contributed by atoms with Crippen molar-refractivity contribution < 1.29 is 0 Å². The van der Waals surface area contributed by atoms with E-state index in [1.54, 1.807) is 0 Å². The van der Waals surface area contributed by atoms with E-state index in [4.69, 9.17) is 0 Å². The van der Waals surface area contributed by atoms with Crippen LogP contribution < -0.4 is 4.90 Å². The number of benzene rings is 1. The van der Waals surface area contributed by atoms with Gasteiger partial charge in [-0.2, -0.15) is 0 Å². The van der Waals surface area contributed by atoms with Crippen LogP contribution in [0, 0.1) is 12.8 Å². The van der Waals surface area contributed by atoms with Crippen molar-refractivity contribution in [2.24, 2.45) is 5.92 Å². The highest BCUT2D eigenvalue weighted by Gasteiger charge is 2.17. The number of hydrogen-bond acceptors (Lipinski definition) is 1. The number of piperidine rings is 1. The van der Waals surface area contributed by atoms with Crippen LogP contribution in [0.15, 0.2) is 18.2 Å². The van der Waals surface area contributed by atoms with Gasteiger partial charge in [0.1, 0.15) is 0 Å². The fraction of sp³-hybridized carbons (Fsp3) is 0.625. The summed E-state index contributed by atoms with van der Waals surface area (Å²) >= 11 is 0. The van der Waals surface area contributed by atoms with Gasteiger partial charge in [0.05, 0.1) is 0 Å². The molecular weight excluding hydrogens is 206 g/mol. The molecule has 1 unspecified atom stereocenters. The molecule has 1 atom stereocenters. The van der Waals surface area contributed by atoms with E-state index in [0.717, 1.165) is 5.92 Å². The Morgan fingerprint density at radius 2 is 2.06 bits per heavy atom. The van der Waals surface area contributed by atoms with Crippen molar-refractivity contribution >= 4 is 5.69 Å². The zero-order chi connectivity index (χ0) is 12.4. The molecule has 1 aliphatic rings. The molecule has 0 aliphatic carbocycles. The van der Waals surface area contributed by atoms with Gasteiger partial charge in [0.15, 0.2) is 0 Å². The lowest BCUT2D eigenvalue weighted by Gasteiger charge is -2.33. The largest absolute Gasteiger partial charge is 0.371 e. The predicted octanol–water partition coefficient (Wildman–Crippen LogP) is 4.35. The average molecular weight is 231 g/mol. The molecule has 0 spiro atoms. The van der Waals surface area contributed by atoms with Gasteiger partial charge in [-0.15, -0.1) is 0 Å². The van der Waals surface area contributed by atoms with Crippen LogP contribution in [0.5, 0.6) is 0 Å². The van der Waals surface area contributed by atoms with Crippen LogP contribution in [0.25, 0.3) is 0 Å². The van der Waals surface area contributed by atoms with Crippen LogP contribution in [0.2, 0.25) is 0 Å². The van der Waals surface area contributed by atoms with E-state index >= 15 is 0 Å². The van der Waals surface area contributed by atoms with Crippen LogP contribution in [0.3, 0.4) is 0 Å². The van der Waals surface area contributed by atoms with Crippen molar-refractivity contribution in [3.63, 3.8) is 0 Å². The van der Waals surface area contributed by atoms with Crippen LogP contribution in [0.4, 0.5) is 5.69 Å². The van der Waals surface area contributed by atoms with E-state index in [1.165, 1.54) is 42.7 Å². The maximum Gasteiger partial charge on any atom is 0.0369 e. The molecule has 0 aromatic heterocycles. The summed E-state index contributed by atoms with van der Waals surface area (Å²) in [7, 11) is 0. The van der Waals surface area contributed by atoms with Gasteiger partial charge < -0.3 is 4.90 Å². The fourth-order valence-corrected chi connectivity index (χ4v) is 2.93. The van der Waals surface area contributed by atoms with E-state index in [1.807, 2.05) is 0 Å². The molecule has 0 N–H and O–H groups in total. The van der Waals surface area contributed by atoms with Crippen molar-refractivity contribution in [1.82, 2.24) is 0 Å². The van der Waals surface area contributed by atoms with Crippen LogP contribution >= 0.6 is 0 Å². The zero-order valence-corrected chi connectivity index (χ0v) is 11.7. The van der Waals surface area contributed by atoms with Crippen molar-refractivity contribution in [1.29, 1.82) is 0 Å². The van der Waals surface area contributed by atoms with Gasteiger partial charge in [-0.1, -0.05) is 26.8 Å². The van der Waals surface area contributed by atoms with Gasteiger partial charge in [0.2, 0.25) is 0 Å². The molecule has 1 aliphatic heterocycles. The third-order valence-corrected chi connectivity index (χ3v) is 3.90. The van der Waals surface area contributed by atoms with E-state index in [9.17, 15) is 0 Å². The van der Waals surface area contributed by atoms with Gasteiger partial charge in [0, 0.05) is 18.8 Å². The monoisotopic (exact) mass is 231 g/mol. The molecule has 1 heterocycles. The first-order valence-electron chi connectivity index (χ1n) is 6.93. The molecule has 1 nitrogen and oxygen atoms in total. The lowest BCUT2D eigenvalue weighted by atomic mass is 9.96. The fourth-order valence-electron chi connectivity index (χ4n) is 2.93. The Morgan fingerprint density at radius 3 is 2.65 bits per heavy atom. The number of rotatable bonds is 2. The molecule has 0 radical (unpaired) electrons. The highest BCUT2D eigenvalue weighted by Crippen LogP contribution is 2.27. The third-order valence-electron chi connectivity index (χ3n) is 3.90. The SMILES string of the molecule is Cc1cc(N2CCCC(C)C2)ccc1C(C)C. The molecule has 1 aromatic rings. The standard InChI is InChI=1S/C16H25N/c1-12(2)16-8-7-15(10-14(16)4)17-9-5-6-13(3)11-17/h7-8,10,12-13H,5-6,9,11H2,1-4H3. The Labute approximate surface area is 106 Å². The lowest BCUT2D eigenvalue weighted by molar-refractivity contribution is 0.447. The summed E-state index contributed by atoms with van der Waals surface area (Å²) < 4.78 is 0. The van der Waals surface area contributed by atoms with Gasteiger partial charge in [-0.25, -0.2) is 0 Å². The normalized spacial score (nSPS) is 21.0. The Kier molecular flexibility index (Phi) is 3.76. The quantitative estimate of drug-likeness (QED) is 0.731. The minimum atomic E-state index is 0.629. The lowest BCUT2D eigenvalue weighted by Crippen LogP contribution is -2.34. The molecule has 0 bridgehead atoms. The van der Waals surface area contributed by atoms with E-state index in [-0.39, 0.29) is 0 Å². The number of hydrogen-bond donors (Lipinski definition) is 0. The first kappa shape index (κ1) is 12.5. The molecule has 2 rings (SSSR count). The van der Waals surface area contributed by atoms with Gasteiger partial charge >= 0.3 is 0 Å². The van der Waals surface area contributed by atoms with Gasteiger partial charge in [-0.3, -0.25) is 0 Å². The first-order valence-corrected chi connectivity index (χ1v) is 6.93. The molecular formula is C16H25N. The Balaban J connectivity index is 2.19. The second-order valence-corrected chi connectivity index (χ2v) is 5.89. The van der Waals surface area contributed by atoms with Crippen molar-refractivity contribution in [3.05, 3.63) is 29.3 Å². The minimum absolute atomic E-state index is 0.629. The summed E-state index contributed by atoms with van der Waals surface area (Å²) in [4.78, 5) is 2.55. The summed E-state index contributed by atoms with van der Waals surface area (Å²) in [6.07, 6.45) is 2.73. The second kappa shape index (κ2) is 5.12. The average Bonchev–Trinajstić information content (AvgIpc) is 2.28. The molecule has 17 heavy (non-hydrogen) atoms. The van der Waals surface area contributed by atoms with Crippen molar-refractivity contribution in [2.45, 2.75) is 46.5 Å². The molecule has 1 saturated heterocycles. The number of anilines is 1. The first-order chi connectivity index (χ1) is 8.08.